The van der Waals surface area contributed by atoms with E-state index in [0.717, 1.165) is 11.1 Å². The van der Waals surface area contributed by atoms with Crippen molar-refractivity contribution in [3.05, 3.63) is 71.8 Å². The zero-order valence-electron chi connectivity index (χ0n) is 13.7. The van der Waals surface area contributed by atoms with Crippen LogP contribution in [0.3, 0.4) is 0 Å². The molecule has 2 aromatic rings. The fourth-order valence-electron chi connectivity index (χ4n) is 2.10. The SMILES string of the molecule is CCO[Si](OCC)(OCc1ccccc1)OCc1ccccc1. The predicted molar refractivity (Wildman–Crippen MR) is 91.5 cm³/mol. The summed E-state index contributed by atoms with van der Waals surface area (Å²) in [7, 11) is -3.16. The van der Waals surface area contributed by atoms with Gasteiger partial charge in [0.25, 0.3) is 0 Å². The second-order valence-corrected chi connectivity index (χ2v) is 7.07. The monoisotopic (exact) mass is 332 g/mol. The van der Waals surface area contributed by atoms with E-state index in [1.165, 1.54) is 0 Å². The fourth-order valence-corrected chi connectivity index (χ4v) is 3.99. The van der Waals surface area contributed by atoms with Crippen molar-refractivity contribution < 1.29 is 17.7 Å². The van der Waals surface area contributed by atoms with E-state index in [1.807, 2.05) is 74.5 Å². The molecule has 0 radical (unpaired) electrons. The highest BCUT2D eigenvalue weighted by Gasteiger charge is 2.45. The molecule has 0 unspecified atom stereocenters. The predicted octanol–water partition coefficient (Wildman–Crippen LogP) is 3.93. The molecule has 0 bridgehead atoms. The van der Waals surface area contributed by atoms with Gasteiger partial charge < -0.3 is 17.7 Å². The van der Waals surface area contributed by atoms with Crippen LogP contribution in [0.2, 0.25) is 0 Å². The van der Waals surface area contributed by atoms with Crippen molar-refractivity contribution in [1.29, 1.82) is 0 Å². The highest BCUT2D eigenvalue weighted by Crippen LogP contribution is 2.17. The molecule has 0 N–H and O–H groups in total. The first-order chi connectivity index (χ1) is 11.3. The Hall–Kier alpha value is -1.50. The molecule has 23 heavy (non-hydrogen) atoms. The second-order valence-electron chi connectivity index (χ2n) is 4.91. The van der Waals surface area contributed by atoms with Crippen LogP contribution in [0.1, 0.15) is 25.0 Å². The normalized spacial score (nSPS) is 11.6. The average Bonchev–Trinajstić information content (AvgIpc) is 2.60. The van der Waals surface area contributed by atoms with Gasteiger partial charge in [0.05, 0.1) is 13.2 Å². The molecule has 0 heterocycles. The van der Waals surface area contributed by atoms with Gasteiger partial charge in [0.15, 0.2) is 0 Å². The van der Waals surface area contributed by atoms with Crippen molar-refractivity contribution >= 4 is 9.05 Å². The first-order valence-corrected chi connectivity index (χ1v) is 9.55. The zero-order chi connectivity index (χ0) is 16.4. The maximum absolute atomic E-state index is 5.99. The summed E-state index contributed by atoms with van der Waals surface area (Å²) in [6.07, 6.45) is 0. The summed E-state index contributed by atoms with van der Waals surface area (Å²) in [4.78, 5) is 0. The summed E-state index contributed by atoms with van der Waals surface area (Å²) in [5.74, 6) is 0. The molecule has 0 aromatic heterocycles. The van der Waals surface area contributed by atoms with Gasteiger partial charge >= 0.3 is 9.05 Å². The summed E-state index contributed by atoms with van der Waals surface area (Å²) in [5, 5.41) is 0. The fraction of sp³-hybridized carbons (Fsp3) is 0.333. The van der Waals surface area contributed by atoms with E-state index < -0.39 is 9.05 Å². The van der Waals surface area contributed by atoms with Crippen LogP contribution in [0.4, 0.5) is 0 Å². The summed E-state index contributed by atoms with van der Waals surface area (Å²) in [5.41, 5.74) is 2.12. The molecule has 5 heteroatoms. The van der Waals surface area contributed by atoms with E-state index in [1.54, 1.807) is 0 Å². The van der Waals surface area contributed by atoms with Crippen LogP contribution in [0.5, 0.6) is 0 Å². The molecule has 0 fully saturated rings. The summed E-state index contributed by atoms with van der Waals surface area (Å²) in [6.45, 7) is 5.60. The van der Waals surface area contributed by atoms with E-state index in [9.17, 15) is 0 Å². The quantitative estimate of drug-likeness (QED) is 0.618. The lowest BCUT2D eigenvalue weighted by atomic mass is 10.2. The molecule has 0 saturated heterocycles. The lowest BCUT2D eigenvalue weighted by molar-refractivity contribution is -0.0389. The van der Waals surface area contributed by atoms with Gasteiger partial charge in [-0.05, 0) is 25.0 Å². The maximum Gasteiger partial charge on any atom is 0.680 e. The van der Waals surface area contributed by atoms with Gasteiger partial charge in [-0.2, -0.15) is 0 Å². The van der Waals surface area contributed by atoms with Crippen LogP contribution < -0.4 is 0 Å². The molecule has 4 nitrogen and oxygen atoms in total. The van der Waals surface area contributed by atoms with Crippen molar-refractivity contribution in [2.45, 2.75) is 27.1 Å². The molecule has 0 aliphatic rings. The third-order valence-electron chi connectivity index (χ3n) is 3.16. The molecule has 0 aliphatic heterocycles. The third kappa shape index (κ3) is 5.89. The Kier molecular flexibility index (Phi) is 7.44. The molecule has 2 rings (SSSR count). The van der Waals surface area contributed by atoms with Gasteiger partial charge in [0.1, 0.15) is 0 Å². The largest absolute Gasteiger partial charge is 0.680 e. The third-order valence-corrected chi connectivity index (χ3v) is 5.44. The van der Waals surface area contributed by atoms with Gasteiger partial charge in [-0.15, -0.1) is 0 Å². The molecular formula is C18H24O4Si. The standard InChI is InChI=1S/C18H24O4Si/c1-3-19-23(20-4-2,21-15-17-11-7-5-8-12-17)22-16-18-13-9-6-10-14-18/h5-14H,3-4,15-16H2,1-2H3. The van der Waals surface area contributed by atoms with Gasteiger partial charge in [-0.3, -0.25) is 0 Å². The molecule has 0 aliphatic carbocycles. The molecule has 124 valence electrons. The molecule has 0 spiro atoms. The maximum atomic E-state index is 5.99. The number of hydrogen-bond donors (Lipinski definition) is 0. The Bertz CT molecular complexity index is 496. The van der Waals surface area contributed by atoms with E-state index in [2.05, 4.69) is 0 Å². The van der Waals surface area contributed by atoms with Gasteiger partial charge in [0.2, 0.25) is 0 Å². The Morgan fingerprint density at radius 1 is 0.609 bits per heavy atom. The van der Waals surface area contributed by atoms with Gasteiger partial charge in [-0.1, -0.05) is 60.7 Å². The number of rotatable bonds is 10. The molecule has 2 aromatic carbocycles. The second kappa shape index (κ2) is 9.59. The number of hydrogen-bond acceptors (Lipinski definition) is 4. The first-order valence-electron chi connectivity index (χ1n) is 7.91. The topological polar surface area (TPSA) is 36.9 Å². The van der Waals surface area contributed by atoms with Crippen LogP contribution in [-0.2, 0) is 30.9 Å². The van der Waals surface area contributed by atoms with Crippen molar-refractivity contribution in [2.75, 3.05) is 13.2 Å². The van der Waals surface area contributed by atoms with Crippen LogP contribution in [0, 0.1) is 0 Å². The highest BCUT2D eigenvalue weighted by atomic mass is 28.4. The van der Waals surface area contributed by atoms with Crippen LogP contribution in [0.25, 0.3) is 0 Å². The van der Waals surface area contributed by atoms with Gasteiger partial charge in [-0.25, -0.2) is 0 Å². The Morgan fingerprint density at radius 2 is 1.00 bits per heavy atom. The minimum Gasteiger partial charge on any atom is -0.351 e. The van der Waals surface area contributed by atoms with Crippen molar-refractivity contribution in [3.63, 3.8) is 0 Å². The summed E-state index contributed by atoms with van der Waals surface area (Å²) >= 11 is 0. The minimum absolute atomic E-state index is 0.405. The van der Waals surface area contributed by atoms with E-state index >= 15 is 0 Å². The van der Waals surface area contributed by atoms with Crippen LogP contribution >= 0.6 is 0 Å². The Balaban J connectivity index is 2.03. The van der Waals surface area contributed by atoms with Crippen molar-refractivity contribution in [3.8, 4) is 0 Å². The van der Waals surface area contributed by atoms with Gasteiger partial charge in [0, 0.05) is 13.2 Å². The lowest BCUT2D eigenvalue weighted by Gasteiger charge is -2.27. The average molecular weight is 332 g/mol. The Morgan fingerprint density at radius 3 is 1.35 bits per heavy atom. The smallest absolute Gasteiger partial charge is 0.351 e. The first kappa shape index (κ1) is 17.8. The number of benzene rings is 2. The van der Waals surface area contributed by atoms with Crippen molar-refractivity contribution in [2.24, 2.45) is 0 Å². The van der Waals surface area contributed by atoms with E-state index in [0.29, 0.717) is 26.4 Å². The lowest BCUT2D eigenvalue weighted by Crippen LogP contribution is -2.49. The molecular weight excluding hydrogens is 308 g/mol. The summed E-state index contributed by atoms with van der Waals surface area (Å²) < 4.78 is 23.6. The van der Waals surface area contributed by atoms with Crippen LogP contribution in [0.15, 0.2) is 60.7 Å². The molecule has 0 atom stereocenters. The van der Waals surface area contributed by atoms with E-state index in [-0.39, 0.29) is 0 Å². The van der Waals surface area contributed by atoms with Crippen LogP contribution in [-0.4, -0.2) is 22.3 Å². The summed E-state index contributed by atoms with van der Waals surface area (Å²) in [6, 6.07) is 19.9. The Labute approximate surface area is 139 Å². The zero-order valence-corrected chi connectivity index (χ0v) is 14.7. The minimum atomic E-state index is -3.16. The van der Waals surface area contributed by atoms with E-state index in [4.69, 9.17) is 17.7 Å². The molecule has 0 amide bonds. The highest BCUT2D eigenvalue weighted by molar-refractivity contribution is 6.53. The van der Waals surface area contributed by atoms with Crippen molar-refractivity contribution in [1.82, 2.24) is 0 Å². The molecule has 0 saturated carbocycles.